The zero-order valence-corrected chi connectivity index (χ0v) is 14.6. The largest absolute Gasteiger partial charge is 0.351 e. The van der Waals surface area contributed by atoms with Crippen molar-refractivity contribution in [2.45, 2.75) is 31.2 Å². The van der Waals surface area contributed by atoms with Crippen molar-refractivity contribution >= 4 is 6.03 Å². The van der Waals surface area contributed by atoms with Gasteiger partial charge in [0.25, 0.3) is 0 Å². The lowest BCUT2D eigenvalue weighted by Crippen LogP contribution is -2.55. The Morgan fingerprint density at radius 3 is 2.24 bits per heavy atom. The standard InChI is InChI=1S/C21H27N3O/c22-21(25)24-15-14-23-16-19(24)12-7-13-20(17-8-3-1-4-9-17)18-10-5-2-6-11-18/h1-6,8-11,19-20,23H,7,12-16H2,(H2,22,25). The third-order valence-corrected chi connectivity index (χ3v) is 5.07. The first-order valence-corrected chi connectivity index (χ1v) is 9.12. The second kappa shape index (κ2) is 8.67. The molecule has 1 saturated heterocycles. The number of primary amides is 1. The molecule has 1 fully saturated rings. The summed E-state index contributed by atoms with van der Waals surface area (Å²) in [5.41, 5.74) is 8.23. The number of nitrogens with zero attached hydrogens (tertiary/aromatic N) is 1. The van der Waals surface area contributed by atoms with Crippen LogP contribution in [0.1, 0.15) is 36.3 Å². The quantitative estimate of drug-likeness (QED) is 0.849. The van der Waals surface area contributed by atoms with Crippen LogP contribution in [-0.2, 0) is 0 Å². The van der Waals surface area contributed by atoms with Gasteiger partial charge in [0.1, 0.15) is 0 Å². The summed E-state index contributed by atoms with van der Waals surface area (Å²) in [6, 6.07) is 21.3. The van der Waals surface area contributed by atoms with Crippen molar-refractivity contribution in [2.75, 3.05) is 19.6 Å². The first kappa shape index (κ1) is 17.5. The van der Waals surface area contributed by atoms with Crippen LogP contribution < -0.4 is 11.1 Å². The predicted molar refractivity (Wildman–Crippen MR) is 102 cm³/mol. The van der Waals surface area contributed by atoms with Crippen LogP contribution >= 0.6 is 0 Å². The lowest BCUT2D eigenvalue weighted by Gasteiger charge is -2.35. The van der Waals surface area contributed by atoms with Crippen LogP contribution in [0.4, 0.5) is 4.79 Å². The topological polar surface area (TPSA) is 58.4 Å². The van der Waals surface area contributed by atoms with E-state index < -0.39 is 0 Å². The summed E-state index contributed by atoms with van der Waals surface area (Å²) in [4.78, 5) is 13.4. The zero-order valence-electron chi connectivity index (χ0n) is 14.6. The van der Waals surface area contributed by atoms with Gasteiger partial charge in [0.05, 0.1) is 0 Å². The molecule has 0 bridgehead atoms. The summed E-state index contributed by atoms with van der Waals surface area (Å²) >= 11 is 0. The molecule has 1 aliphatic heterocycles. The first-order chi connectivity index (χ1) is 12.3. The van der Waals surface area contributed by atoms with Crippen molar-refractivity contribution in [3.05, 3.63) is 71.8 Å². The van der Waals surface area contributed by atoms with Gasteiger partial charge in [0.2, 0.25) is 0 Å². The molecule has 132 valence electrons. The van der Waals surface area contributed by atoms with Crippen LogP contribution in [-0.4, -0.2) is 36.6 Å². The van der Waals surface area contributed by atoms with Crippen molar-refractivity contribution in [3.63, 3.8) is 0 Å². The van der Waals surface area contributed by atoms with Crippen LogP contribution in [0.25, 0.3) is 0 Å². The van der Waals surface area contributed by atoms with Gasteiger partial charge in [0.15, 0.2) is 0 Å². The molecule has 3 rings (SSSR count). The average molecular weight is 337 g/mol. The number of nitrogens with one attached hydrogen (secondary N) is 1. The maximum atomic E-state index is 11.6. The lowest BCUT2D eigenvalue weighted by molar-refractivity contribution is 0.160. The molecule has 25 heavy (non-hydrogen) atoms. The Bertz CT molecular complexity index is 620. The van der Waals surface area contributed by atoms with Crippen LogP contribution in [0.5, 0.6) is 0 Å². The Morgan fingerprint density at radius 2 is 1.68 bits per heavy atom. The van der Waals surface area contributed by atoms with Gasteiger partial charge < -0.3 is 16.0 Å². The highest BCUT2D eigenvalue weighted by molar-refractivity contribution is 5.72. The van der Waals surface area contributed by atoms with Gasteiger partial charge in [0, 0.05) is 31.6 Å². The van der Waals surface area contributed by atoms with Crippen LogP contribution in [0.3, 0.4) is 0 Å². The summed E-state index contributed by atoms with van der Waals surface area (Å²) in [6.45, 7) is 2.38. The van der Waals surface area contributed by atoms with E-state index in [0.29, 0.717) is 12.5 Å². The molecule has 4 nitrogen and oxygen atoms in total. The number of amides is 2. The van der Waals surface area contributed by atoms with Gasteiger partial charge in [-0.3, -0.25) is 0 Å². The van der Waals surface area contributed by atoms with Crippen LogP contribution in [0, 0.1) is 0 Å². The lowest BCUT2D eigenvalue weighted by atomic mass is 9.86. The molecule has 0 aliphatic carbocycles. The number of urea groups is 1. The Hall–Kier alpha value is -2.33. The van der Waals surface area contributed by atoms with E-state index in [9.17, 15) is 4.79 Å². The fourth-order valence-electron chi connectivity index (χ4n) is 3.76. The number of nitrogens with two attached hydrogens (primary N) is 1. The van der Waals surface area contributed by atoms with Crippen molar-refractivity contribution in [1.82, 2.24) is 10.2 Å². The van der Waals surface area contributed by atoms with E-state index in [1.165, 1.54) is 11.1 Å². The molecular formula is C21H27N3O. The van der Waals surface area contributed by atoms with E-state index in [4.69, 9.17) is 5.73 Å². The molecule has 0 aromatic heterocycles. The van der Waals surface area contributed by atoms with Crippen molar-refractivity contribution in [2.24, 2.45) is 5.73 Å². The van der Waals surface area contributed by atoms with E-state index in [0.717, 1.165) is 32.4 Å². The van der Waals surface area contributed by atoms with Gasteiger partial charge in [-0.1, -0.05) is 67.1 Å². The number of rotatable bonds is 6. The molecule has 4 heteroatoms. The zero-order chi connectivity index (χ0) is 17.5. The second-order valence-electron chi connectivity index (χ2n) is 6.69. The number of carbonyl (C=O) groups excluding carboxylic acids is 1. The fraction of sp³-hybridized carbons (Fsp3) is 0.381. The van der Waals surface area contributed by atoms with Gasteiger partial charge in [-0.2, -0.15) is 0 Å². The smallest absolute Gasteiger partial charge is 0.315 e. The Labute approximate surface area is 150 Å². The third kappa shape index (κ3) is 4.60. The monoisotopic (exact) mass is 337 g/mol. The summed E-state index contributed by atoms with van der Waals surface area (Å²) in [5.74, 6) is 0.390. The average Bonchev–Trinajstić information content (AvgIpc) is 2.67. The molecule has 0 spiro atoms. The van der Waals surface area contributed by atoms with Gasteiger partial charge in [-0.15, -0.1) is 0 Å². The van der Waals surface area contributed by atoms with E-state index in [-0.39, 0.29) is 12.1 Å². The van der Waals surface area contributed by atoms with Crippen molar-refractivity contribution in [3.8, 4) is 0 Å². The molecule has 1 heterocycles. The highest BCUT2D eigenvalue weighted by Crippen LogP contribution is 2.30. The number of hydrogen-bond acceptors (Lipinski definition) is 2. The fourth-order valence-corrected chi connectivity index (χ4v) is 3.76. The van der Waals surface area contributed by atoms with E-state index in [1.807, 2.05) is 4.90 Å². The minimum Gasteiger partial charge on any atom is -0.351 e. The normalized spacial score (nSPS) is 17.6. The van der Waals surface area contributed by atoms with E-state index in [2.05, 4.69) is 66.0 Å². The number of hydrogen-bond donors (Lipinski definition) is 2. The van der Waals surface area contributed by atoms with Gasteiger partial charge >= 0.3 is 6.03 Å². The molecule has 3 N–H and O–H groups in total. The number of piperazine rings is 1. The summed E-state index contributed by atoms with van der Waals surface area (Å²) in [7, 11) is 0. The Balaban J connectivity index is 1.66. The van der Waals surface area contributed by atoms with Crippen LogP contribution in [0.2, 0.25) is 0 Å². The molecule has 1 atom stereocenters. The number of carbonyl (C=O) groups is 1. The summed E-state index contributed by atoms with van der Waals surface area (Å²) in [6.07, 6.45) is 3.10. The summed E-state index contributed by atoms with van der Waals surface area (Å²) in [5, 5.41) is 3.37. The van der Waals surface area contributed by atoms with Crippen molar-refractivity contribution in [1.29, 1.82) is 0 Å². The van der Waals surface area contributed by atoms with Gasteiger partial charge in [-0.05, 0) is 24.0 Å². The Kier molecular flexibility index (Phi) is 6.07. The molecule has 2 aromatic rings. The van der Waals surface area contributed by atoms with Crippen molar-refractivity contribution < 1.29 is 4.79 Å². The maximum absolute atomic E-state index is 11.6. The highest BCUT2D eigenvalue weighted by Gasteiger charge is 2.25. The van der Waals surface area contributed by atoms with E-state index >= 15 is 0 Å². The number of benzene rings is 2. The minimum absolute atomic E-state index is 0.207. The molecule has 2 amide bonds. The molecule has 1 unspecified atom stereocenters. The maximum Gasteiger partial charge on any atom is 0.315 e. The van der Waals surface area contributed by atoms with Gasteiger partial charge in [-0.25, -0.2) is 4.79 Å². The molecule has 0 saturated carbocycles. The summed E-state index contributed by atoms with van der Waals surface area (Å²) < 4.78 is 0. The first-order valence-electron chi connectivity index (χ1n) is 9.12. The van der Waals surface area contributed by atoms with Crippen LogP contribution in [0.15, 0.2) is 60.7 Å². The SMILES string of the molecule is NC(=O)N1CCNCC1CCCC(c1ccccc1)c1ccccc1. The molecule has 0 radical (unpaired) electrons. The molecule has 2 aromatic carbocycles. The highest BCUT2D eigenvalue weighted by atomic mass is 16.2. The third-order valence-electron chi connectivity index (χ3n) is 5.07. The Morgan fingerprint density at radius 1 is 1.08 bits per heavy atom. The predicted octanol–water partition coefficient (Wildman–Crippen LogP) is 3.34. The molecular weight excluding hydrogens is 310 g/mol. The minimum atomic E-state index is -0.297. The second-order valence-corrected chi connectivity index (χ2v) is 6.69. The molecule has 1 aliphatic rings. The van der Waals surface area contributed by atoms with E-state index in [1.54, 1.807) is 0 Å².